The van der Waals surface area contributed by atoms with Crippen LogP contribution in [0, 0.1) is 12.3 Å². The molecule has 2 aromatic heterocycles. The summed E-state index contributed by atoms with van der Waals surface area (Å²) in [6.07, 6.45) is 0.556. The number of hydrogen-bond acceptors (Lipinski definition) is 7. The van der Waals surface area contributed by atoms with Gasteiger partial charge in [-0.25, -0.2) is 4.98 Å². The van der Waals surface area contributed by atoms with Crippen molar-refractivity contribution in [1.82, 2.24) is 15.1 Å². The third-order valence-corrected chi connectivity index (χ3v) is 3.51. The summed E-state index contributed by atoms with van der Waals surface area (Å²) in [5.41, 5.74) is 6.16. The lowest BCUT2D eigenvalue weighted by Crippen LogP contribution is -2.20. The standard InChI is InChI=1S/C11H16N4O2S/c1-6-8(18-10(12)13-6)9-14-7(15-17-9)4-11(2,3)5-16/h16H,4-5H2,1-3H3,(H2,12,13). The molecule has 0 radical (unpaired) electrons. The van der Waals surface area contributed by atoms with Crippen molar-refractivity contribution in [2.45, 2.75) is 27.2 Å². The number of rotatable bonds is 4. The lowest BCUT2D eigenvalue weighted by molar-refractivity contribution is 0.156. The van der Waals surface area contributed by atoms with Gasteiger partial charge in [-0.3, -0.25) is 0 Å². The Morgan fingerprint density at radius 2 is 2.11 bits per heavy atom. The van der Waals surface area contributed by atoms with E-state index in [4.69, 9.17) is 10.3 Å². The molecule has 0 bridgehead atoms. The van der Waals surface area contributed by atoms with E-state index in [1.54, 1.807) is 0 Å². The monoisotopic (exact) mass is 268 g/mol. The highest BCUT2D eigenvalue weighted by atomic mass is 32.1. The van der Waals surface area contributed by atoms with E-state index in [0.717, 1.165) is 10.6 Å². The smallest absolute Gasteiger partial charge is 0.269 e. The van der Waals surface area contributed by atoms with Crippen molar-refractivity contribution in [1.29, 1.82) is 0 Å². The van der Waals surface area contributed by atoms with Gasteiger partial charge < -0.3 is 15.4 Å². The van der Waals surface area contributed by atoms with Crippen LogP contribution < -0.4 is 5.73 Å². The van der Waals surface area contributed by atoms with Crippen LogP contribution in [0.1, 0.15) is 25.4 Å². The second-order valence-electron chi connectivity index (χ2n) is 4.98. The fourth-order valence-electron chi connectivity index (χ4n) is 1.52. The minimum Gasteiger partial charge on any atom is -0.396 e. The van der Waals surface area contributed by atoms with Gasteiger partial charge in [-0.05, 0) is 12.3 Å². The predicted octanol–water partition coefficient (Wildman–Crippen LogP) is 1.64. The van der Waals surface area contributed by atoms with Crippen LogP contribution >= 0.6 is 11.3 Å². The van der Waals surface area contributed by atoms with E-state index in [-0.39, 0.29) is 12.0 Å². The fraction of sp³-hybridized carbons (Fsp3) is 0.545. The quantitative estimate of drug-likeness (QED) is 0.874. The largest absolute Gasteiger partial charge is 0.396 e. The number of anilines is 1. The predicted molar refractivity (Wildman–Crippen MR) is 69.1 cm³/mol. The number of nitrogen functional groups attached to an aromatic ring is 1. The molecule has 2 heterocycles. The molecule has 3 N–H and O–H groups in total. The van der Waals surface area contributed by atoms with Gasteiger partial charge in [-0.2, -0.15) is 4.98 Å². The topological polar surface area (TPSA) is 98.1 Å². The summed E-state index contributed by atoms with van der Waals surface area (Å²) in [4.78, 5) is 9.23. The zero-order valence-electron chi connectivity index (χ0n) is 10.6. The van der Waals surface area contributed by atoms with E-state index >= 15 is 0 Å². The van der Waals surface area contributed by atoms with Crippen LogP contribution in [0.2, 0.25) is 0 Å². The molecule has 7 heteroatoms. The van der Waals surface area contributed by atoms with Gasteiger partial charge in [-0.1, -0.05) is 30.3 Å². The van der Waals surface area contributed by atoms with Crippen LogP contribution in [0.5, 0.6) is 0 Å². The van der Waals surface area contributed by atoms with E-state index in [9.17, 15) is 5.11 Å². The van der Waals surface area contributed by atoms with E-state index in [1.807, 2.05) is 20.8 Å². The number of hydrogen-bond donors (Lipinski definition) is 2. The SMILES string of the molecule is Cc1nc(N)sc1-c1nc(CC(C)(C)CO)no1. The molecule has 2 aromatic rings. The molecule has 98 valence electrons. The van der Waals surface area contributed by atoms with Gasteiger partial charge >= 0.3 is 0 Å². The van der Waals surface area contributed by atoms with Gasteiger partial charge in [0.05, 0.1) is 5.69 Å². The maximum absolute atomic E-state index is 9.22. The highest BCUT2D eigenvalue weighted by Gasteiger charge is 2.22. The number of thiazole rings is 1. The molecular weight excluding hydrogens is 252 g/mol. The molecular formula is C11H16N4O2S. The minimum absolute atomic E-state index is 0.0728. The zero-order chi connectivity index (χ0) is 13.3. The van der Waals surface area contributed by atoms with Gasteiger partial charge in [0.15, 0.2) is 11.0 Å². The Balaban J connectivity index is 2.23. The van der Waals surface area contributed by atoms with Crippen LogP contribution in [0.25, 0.3) is 10.8 Å². The van der Waals surface area contributed by atoms with Crippen molar-refractivity contribution in [3.05, 3.63) is 11.5 Å². The Morgan fingerprint density at radius 1 is 1.39 bits per heavy atom. The molecule has 0 atom stereocenters. The molecule has 0 fully saturated rings. The lowest BCUT2D eigenvalue weighted by atomic mass is 9.90. The summed E-state index contributed by atoms with van der Waals surface area (Å²) in [5.74, 6) is 1.01. The second kappa shape index (κ2) is 4.66. The summed E-state index contributed by atoms with van der Waals surface area (Å²) in [6, 6.07) is 0. The summed E-state index contributed by atoms with van der Waals surface area (Å²) in [7, 11) is 0. The van der Waals surface area contributed by atoms with Crippen molar-refractivity contribution in [2.75, 3.05) is 12.3 Å². The molecule has 0 spiro atoms. The van der Waals surface area contributed by atoms with Crippen LogP contribution in [0.15, 0.2) is 4.52 Å². The highest BCUT2D eigenvalue weighted by Crippen LogP contribution is 2.30. The van der Waals surface area contributed by atoms with Gasteiger partial charge in [0, 0.05) is 13.0 Å². The van der Waals surface area contributed by atoms with Crippen molar-refractivity contribution in [3.63, 3.8) is 0 Å². The first-order valence-corrected chi connectivity index (χ1v) is 6.40. The fourth-order valence-corrected chi connectivity index (χ4v) is 2.27. The van der Waals surface area contributed by atoms with Gasteiger partial charge in [-0.15, -0.1) is 0 Å². The minimum atomic E-state index is -0.261. The first-order valence-electron chi connectivity index (χ1n) is 5.58. The van der Waals surface area contributed by atoms with Gasteiger partial charge in [0.25, 0.3) is 5.89 Å². The summed E-state index contributed by atoms with van der Waals surface area (Å²) >= 11 is 1.33. The van der Waals surface area contributed by atoms with Crippen molar-refractivity contribution in [3.8, 4) is 10.8 Å². The van der Waals surface area contributed by atoms with E-state index in [0.29, 0.717) is 23.3 Å². The maximum atomic E-state index is 9.22. The Kier molecular flexibility index (Phi) is 3.36. The number of nitrogens with two attached hydrogens (primary N) is 1. The number of aliphatic hydroxyl groups is 1. The Bertz CT molecular complexity index is 547. The number of nitrogens with zero attached hydrogens (tertiary/aromatic N) is 3. The third kappa shape index (κ3) is 2.68. The van der Waals surface area contributed by atoms with E-state index in [1.165, 1.54) is 11.3 Å². The second-order valence-corrected chi connectivity index (χ2v) is 6.01. The summed E-state index contributed by atoms with van der Waals surface area (Å²) in [6.45, 7) is 5.81. The Morgan fingerprint density at radius 3 is 2.67 bits per heavy atom. The number of aromatic nitrogens is 3. The first-order chi connectivity index (χ1) is 8.41. The molecule has 0 aromatic carbocycles. The average molecular weight is 268 g/mol. The summed E-state index contributed by atoms with van der Waals surface area (Å²) < 4.78 is 5.21. The zero-order valence-corrected chi connectivity index (χ0v) is 11.4. The van der Waals surface area contributed by atoms with Crippen LogP contribution in [0.3, 0.4) is 0 Å². The Hall–Kier alpha value is -1.47. The van der Waals surface area contributed by atoms with Crippen LogP contribution in [0.4, 0.5) is 5.13 Å². The van der Waals surface area contributed by atoms with E-state index in [2.05, 4.69) is 15.1 Å². The Labute approximate surface area is 109 Å². The van der Waals surface area contributed by atoms with Crippen molar-refractivity contribution >= 4 is 16.5 Å². The number of aryl methyl sites for hydroxylation is 1. The third-order valence-electron chi connectivity index (χ3n) is 2.54. The first kappa shape index (κ1) is 13.0. The van der Waals surface area contributed by atoms with Crippen molar-refractivity contribution < 1.29 is 9.63 Å². The van der Waals surface area contributed by atoms with Crippen molar-refractivity contribution in [2.24, 2.45) is 5.41 Å². The molecule has 18 heavy (non-hydrogen) atoms. The molecule has 2 rings (SSSR count). The molecule has 0 unspecified atom stereocenters. The number of aliphatic hydroxyl groups excluding tert-OH is 1. The molecule has 0 amide bonds. The molecule has 0 saturated carbocycles. The molecule has 6 nitrogen and oxygen atoms in total. The molecule has 0 aliphatic rings. The van der Waals surface area contributed by atoms with Gasteiger partial charge in [0.2, 0.25) is 0 Å². The maximum Gasteiger partial charge on any atom is 0.269 e. The lowest BCUT2D eigenvalue weighted by Gasteiger charge is -2.18. The van der Waals surface area contributed by atoms with Crippen LogP contribution in [-0.4, -0.2) is 26.8 Å². The molecule has 0 aliphatic heterocycles. The molecule has 0 saturated heterocycles. The molecule has 0 aliphatic carbocycles. The highest BCUT2D eigenvalue weighted by molar-refractivity contribution is 7.18. The van der Waals surface area contributed by atoms with E-state index < -0.39 is 0 Å². The normalized spacial score (nSPS) is 12.0. The van der Waals surface area contributed by atoms with Gasteiger partial charge in [0.1, 0.15) is 4.88 Å². The average Bonchev–Trinajstić information content (AvgIpc) is 2.85. The summed E-state index contributed by atoms with van der Waals surface area (Å²) in [5, 5.41) is 13.6. The van der Waals surface area contributed by atoms with Crippen LogP contribution in [-0.2, 0) is 6.42 Å².